The molecule has 0 aliphatic carbocycles. The fourth-order valence-electron chi connectivity index (χ4n) is 2.38. The SMILES string of the molecule is CCCN(Cc1ccccc1)c1nc2cc(N)ccc2o1. The van der Waals surface area contributed by atoms with Gasteiger partial charge in [0, 0.05) is 18.8 Å². The van der Waals surface area contributed by atoms with E-state index in [1.807, 2.05) is 36.4 Å². The summed E-state index contributed by atoms with van der Waals surface area (Å²) in [6.07, 6.45) is 1.04. The molecule has 4 nitrogen and oxygen atoms in total. The van der Waals surface area contributed by atoms with Crippen LogP contribution in [0.3, 0.4) is 0 Å². The van der Waals surface area contributed by atoms with Crippen molar-refractivity contribution in [2.24, 2.45) is 0 Å². The van der Waals surface area contributed by atoms with Gasteiger partial charge in [-0.2, -0.15) is 4.98 Å². The topological polar surface area (TPSA) is 55.3 Å². The van der Waals surface area contributed by atoms with E-state index in [1.165, 1.54) is 5.56 Å². The lowest BCUT2D eigenvalue weighted by molar-refractivity contribution is 0.561. The number of benzene rings is 2. The van der Waals surface area contributed by atoms with Crippen molar-refractivity contribution in [3.8, 4) is 0 Å². The fourth-order valence-corrected chi connectivity index (χ4v) is 2.38. The van der Waals surface area contributed by atoms with Gasteiger partial charge in [0.25, 0.3) is 6.01 Å². The van der Waals surface area contributed by atoms with Crippen LogP contribution in [0.1, 0.15) is 18.9 Å². The molecule has 0 aliphatic rings. The smallest absolute Gasteiger partial charge is 0.298 e. The van der Waals surface area contributed by atoms with E-state index in [2.05, 4.69) is 28.9 Å². The lowest BCUT2D eigenvalue weighted by Gasteiger charge is -2.19. The minimum atomic E-state index is 0.654. The molecule has 0 spiro atoms. The third kappa shape index (κ3) is 2.99. The van der Waals surface area contributed by atoms with Crippen molar-refractivity contribution in [2.45, 2.75) is 19.9 Å². The Morgan fingerprint density at radius 1 is 1.14 bits per heavy atom. The highest BCUT2D eigenvalue weighted by molar-refractivity contribution is 5.78. The maximum Gasteiger partial charge on any atom is 0.298 e. The van der Waals surface area contributed by atoms with Crippen molar-refractivity contribution in [3.05, 3.63) is 54.1 Å². The van der Waals surface area contributed by atoms with E-state index in [9.17, 15) is 0 Å². The summed E-state index contributed by atoms with van der Waals surface area (Å²) in [5, 5.41) is 0. The molecule has 1 heterocycles. The van der Waals surface area contributed by atoms with Gasteiger partial charge in [-0.05, 0) is 30.2 Å². The first-order valence-electron chi connectivity index (χ1n) is 7.21. The van der Waals surface area contributed by atoms with E-state index in [4.69, 9.17) is 10.2 Å². The Balaban J connectivity index is 1.91. The second-order valence-corrected chi connectivity index (χ2v) is 5.13. The first-order chi connectivity index (χ1) is 10.3. The van der Waals surface area contributed by atoms with Gasteiger partial charge in [0.2, 0.25) is 0 Å². The number of nitrogens with two attached hydrogens (primary N) is 1. The third-order valence-electron chi connectivity index (χ3n) is 3.38. The Kier molecular flexibility index (Phi) is 3.77. The van der Waals surface area contributed by atoms with Crippen LogP contribution in [0.25, 0.3) is 11.1 Å². The molecule has 0 bridgehead atoms. The second kappa shape index (κ2) is 5.87. The zero-order chi connectivity index (χ0) is 14.7. The number of fused-ring (bicyclic) bond motifs is 1. The highest BCUT2D eigenvalue weighted by Gasteiger charge is 2.14. The normalized spacial score (nSPS) is 10.9. The molecule has 2 N–H and O–H groups in total. The van der Waals surface area contributed by atoms with Crippen LogP contribution in [-0.4, -0.2) is 11.5 Å². The van der Waals surface area contributed by atoms with Crippen molar-refractivity contribution in [2.75, 3.05) is 17.2 Å². The minimum absolute atomic E-state index is 0.654. The van der Waals surface area contributed by atoms with E-state index >= 15 is 0 Å². The van der Waals surface area contributed by atoms with E-state index in [0.29, 0.717) is 11.7 Å². The van der Waals surface area contributed by atoms with Crippen LogP contribution >= 0.6 is 0 Å². The highest BCUT2D eigenvalue weighted by Crippen LogP contribution is 2.25. The molecule has 0 aliphatic heterocycles. The van der Waals surface area contributed by atoms with Gasteiger partial charge in [-0.15, -0.1) is 0 Å². The molecule has 0 saturated heterocycles. The maximum absolute atomic E-state index is 5.87. The van der Waals surface area contributed by atoms with Gasteiger partial charge in [-0.1, -0.05) is 37.3 Å². The van der Waals surface area contributed by atoms with E-state index in [-0.39, 0.29) is 0 Å². The Bertz CT molecular complexity index is 721. The molecule has 0 radical (unpaired) electrons. The zero-order valence-corrected chi connectivity index (χ0v) is 12.1. The number of oxazole rings is 1. The average molecular weight is 281 g/mol. The summed E-state index contributed by atoms with van der Waals surface area (Å²) < 4.78 is 5.87. The van der Waals surface area contributed by atoms with E-state index < -0.39 is 0 Å². The fraction of sp³-hybridized carbons (Fsp3) is 0.235. The van der Waals surface area contributed by atoms with Crippen molar-refractivity contribution in [3.63, 3.8) is 0 Å². The molecule has 1 aromatic heterocycles. The number of anilines is 2. The monoisotopic (exact) mass is 281 g/mol. The molecular weight excluding hydrogens is 262 g/mol. The Hall–Kier alpha value is -2.49. The van der Waals surface area contributed by atoms with Gasteiger partial charge in [0.15, 0.2) is 5.58 Å². The molecule has 3 rings (SSSR count). The standard InChI is InChI=1S/C17H19N3O/c1-2-10-20(12-13-6-4-3-5-7-13)17-19-15-11-14(18)8-9-16(15)21-17/h3-9,11H,2,10,12,18H2,1H3. The number of rotatable bonds is 5. The number of nitrogen functional groups attached to an aromatic ring is 1. The summed E-state index contributed by atoms with van der Waals surface area (Å²) in [4.78, 5) is 6.73. The molecule has 0 saturated carbocycles. The Morgan fingerprint density at radius 2 is 1.95 bits per heavy atom. The molecule has 108 valence electrons. The summed E-state index contributed by atoms with van der Waals surface area (Å²) in [5.41, 5.74) is 9.32. The zero-order valence-electron chi connectivity index (χ0n) is 12.1. The molecule has 0 fully saturated rings. The largest absolute Gasteiger partial charge is 0.423 e. The average Bonchev–Trinajstić information content (AvgIpc) is 2.91. The maximum atomic E-state index is 5.87. The highest BCUT2D eigenvalue weighted by atomic mass is 16.4. The summed E-state index contributed by atoms with van der Waals surface area (Å²) in [6, 6.07) is 16.5. The van der Waals surface area contributed by atoms with Crippen molar-refractivity contribution in [1.29, 1.82) is 0 Å². The summed E-state index contributed by atoms with van der Waals surface area (Å²) in [6.45, 7) is 3.84. The van der Waals surface area contributed by atoms with Gasteiger partial charge < -0.3 is 15.1 Å². The van der Waals surface area contributed by atoms with Gasteiger partial charge in [0.05, 0.1) is 0 Å². The lowest BCUT2D eigenvalue weighted by atomic mass is 10.2. The van der Waals surface area contributed by atoms with Crippen LogP contribution in [0.2, 0.25) is 0 Å². The first-order valence-corrected chi connectivity index (χ1v) is 7.21. The number of nitrogens with zero attached hydrogens (tertiary/aromatic N) is 2. The summed E-state index contributed by atoms with van der Waals surface area (Å²) >= 11 is 0. The van der Waals surface area contributed by atoms with Gasteiger partial charge in [-0.3, -0.25) is 0 Å². The number of hydrogen-bond acceptors (Lipinski definition) is 4. The van der Waals surface area contributed by atoms with Crippen LogP contribution in [-0.2, 0) is 6.54 Å². The van der Waals surface area contributed by atoms with Gasteiger partial charge >= 0.3 is 0 Å². The van der Waals surface area contributed by atoms with Crippen LogP contribution < -0.4 is 10.6 Å². The van der Waals surface area contributed by atoms with Crippen molar-refractivity contribution >= 4 is 22.8 Å². The van der Waals surface area contributed by atoms with Crippen LogP contribution in [0, 0.1) is 0 Å². The quantitative estimate of drug-likeness (QED) is 0.722. The predicted molar refractivity (Wildman–Crippen MR) is 86.2 cm³/mol. The third-order valence-corrected chi connectivity index (χ3v) is 3.38. The van der Waals surface area contributed by atoms with Crippen LogP contribution in [0.4, 0.5) is 11.7 Å². The summed E-state index contributed by atoms with van der Waals surface area (Å²) in [5.74, 6) is 0. The first kappa shape index (κ1) is 13.5. The molecule has 3 aromatic rings. The predicted octanol–water partition coefficient (Wildman–Crippen LogP) is 3.83. The molecule has 2 aromatic carbocycles. The molecule has 4 heteroatoms. The van der Waals surface area contributed by atoms with Crippen LogP contribution in [0.15, 0.2) is 52.9 Å². The van der Waals surface area contributed by atoms with Gasteiger partial charge in [0.1, 0.15) is 5.52 Å². The summed E-state index contributed by atoms with van der Waals surface area (Å²) in [7, 11) is 0. The van der Waals surface area contributed by atoms with E-state index in [0.717, 1.165) is 30.6 Å². The van der Waals surface area contributed by atoms with Crippen LogP contribution in [0.5, 0.6) is 0 Å². The number of hydrogen-bond donors (Lipinski definition) is 1. The second-order valence-electron chi connectivity index (χ2n) is 5.13. The molecule has 0 amide bonds. The van der Waals surface area contributed by atoms with Crippen molar-refractivity contribution < 1.29 is 4.42 Å². The Morgan fingerprint density at radius 3 is 2.71 bits per heavy atom. The van der Waals surface area contributed by atoms with Gasteiger partial charge in [-0.25, -0.2) is 0 Å². The lowest BCUT2D eigenvalue weighted by Crippen LogP contribution is -2.23. The number of aromatic nitrogens is 1. The van der Waals surface area contributed by atoms with Crippen molar-refractivity contribution in [1.82, 2.24) is 4.98 Å². The molecular formula is C17H19N3O. The molecule has 0 unspecified atom stereocenters. The molecule has 21 heavy (non-hydrogen) atoms. The molecule has 0 atom stereocenters. The van der Waals surface area contributed by atoms with E-state index in [1.54, 1.807) is 0 Å². The minimum Gasteiger partial charge on any atom is -0.423 e. The Labute approximate surface area is 124 Å².